The number of benzene rings is 9. The van der Waals surface area contributed by atoms with Crippen molar-refractivity contribution in [2.75, 3.05) is 4.90 Å². The number of nitrogens with zero attached hydrogens (tertiary/aromatic N) is 1. The Hall–Kier alpha value is -6.85. The highest BCUT2D eigenvalue weighted by Gasteiger charge is 2.50. The zero-order chi connectivity index (χ0) is 38.7. The lowest BCUT2D eigenvalue weighted by Gasteiger charge is -2.39. The molecule has 0 atom stereocenters. The van der Waals surface area contributed by atoms with E-state index in [1.54, 1.807) is 0 Å². The van der Waals surface area contributed by atoms with Crippen LogP contribution in [0.1, 0.15) is 22.3 Å². The molecule has 2 aromatic heterocycles. The van der Waals surface area contributed by atoms with Crippen molar-refractivity contribution < 1.29 is 4.42 Å². The van der Waals surface area contributed by atoms with Gasteiger partial charge in [0.25, 0.3) is 0 Å². The lowest BCUT2D eigenvalue weighted by molar-refractivity contribution is 0.669. The van der Waals surface area contributed by atoms with Crippen LogP contribution in [0, 0.1) is 0 Å². The van der Waals surface area contributed by atoms with Gasteiger partial charge in [-0.3, -0.25) is 0 Å². The van der Waals surface area contributed by atoms with E-state index in [-0.39, 0.29) is 0 Å². The van der Waals surface area contributed by atoms with E-state index < -0.39 is 5.41 Å². The van der Waals surface area contributed by atoms with Gasteiger partial charge < -0.3 is 9.32 Å². The van der Waals surface area contributed by atoms with Crippen molar-refractivity contribution in [1.29, 1.82) is 0 Å². The van der Waals surface area contributed by atoms with Crippen LogP contribution >= 0.6 is 23.1 Å². The van der Waals surface area contributed by atoms with Gasteiger partial charge in [-0.1, -0.05) is 145 Å². The summed E-state index contributed by atoms with van der Waals surface area (Å²) in [6.45, 7) is 0. The van der Waals surface area contributed by atoms with Gasteiger partial charge >= 0.3 is 0 Å². The first kappa shape index (κ1) is 33.2. The number of thiophene rings is 1. The summed E-state index contributed by atoms with van der Waals surface area (Å²) in [5.41, 5.74) is 15.0. The van der Waals surface area contributed by atoms with Crippen molar-refractivity contribution in [2.45, 2.75) is 15.2 Å². The predicted octanol–water partition coefficient (Wildman–Crippen LogP) is 15.9. The summed E-state index contributed by atoms with van der Waals surface area (Å²) < 4.78 is 9.08. The Morgan fingerprint density at radius 3 is 1.90 bits per heavy atom. The number of hydrogen-bond donors (Lipinski definition) is 0. The van der Waals surface area contributed by atoms with E-state index in [0.717, 1.165) is 39.0 Å². The van der Waals surface area contributed by atoms with E-state index in [0.29, 0.717) is 0 Å². The first-order valence-corrected chi connectivity index (χ1v) is 21.7. The second-order valence-electron chi connectivity index (χ2n) is 15.5. The number of para-hydroxylation sites is 2. The van der Waals surface area contributed by atoms with E-state index >= 15 is 0 Å². The van der Waals surface area contributed by atoms with Crippen LogP contribution in [-0.2, 0) is 5.41 Å². The molecular formula is C55H33NOS2. The summed E-state index contributed by atoms with van der Waals surface area (Å²) in [6, 6.07) is 73.6. The molecule has 59 heavy (non-hydrogen) atoms. The molecule has 11 aromatic rings. The van der Waals surface area contributed by atoms with Gasteiger partial charge in [-0.05, 0) is 99.6 Å². The van der Waals surface area contributed by atoms with Gasteiger partial charge in [0.1, 0.15) is 11.2 Å². The van der Waals surface area contributed by atoms with Gasteiger partial charge in [-0.15, -0.1) is 11.3 Å². The third kappa shape index (κ3) is 4.64. The average molecular weight is 788 g/mol. The molecule has 1 aliphatic carbocycles. The van der Waals surface area contributed by atoms with Gasteiger partial charge in [0, 0.05) is 58.1 Å². The summed E-state index contributed by atoms with van der Waals surface area (Å²) >= 11 is 3.79. The number of anilines is 3. The zero-order valence-electron chi connectivity index (χ0n) is 31.7. The number of furan rings is 1. The molecule has 0 amide bonds. The van der Waals surface area contributed by atoms with Crippen molar-refractivity contribution in [2.24, 2.45) is 0 Å². The summed E-state index contributed by atoms with van der Waals surface area (Å²) in [5, 5.41) is 4.77. The third-order valence-electron chi connectivity index (χ3n) is 12.5. The van der Waals surface area contributed by atoms with E-state index in [2.05, 4.69) is 199 Å². The molecule has 4 heteroatoms. The quantitative estimate of drug-likeness (QED) is 0.177. The first-order valence-electron chi connectivity index (χ1n) is 20.1. The normalized spacial score (nSPS) is 13.5. The fraction of sp³-hybridized carbons (Fsp3) is 0.0182. The minimum absolute atomic E-state index is 0.416. The van der Waals surface area contributed by atoms with Crippen LogP contribution in [0.3, 0.4) is 0 Å². The summed E-state index contributed by atoms with van der Waals surface area (Å²) in [6.07, 6.45) is 0. The highest BCUT2D eigenvalue weighted by molar-refractivity contribution is 7.99. The molecule has 13 rings (SSSR count). The van der Waals surface area contributed by atoms with Crippen molar-refractivity contribution in [3.63, 3.8) is 0 Å². The van der Waals surface area contributed by atoms with Crippen LogP contribution in [0.2, 0.25) is 0 Å². The summed E-state index contributed by atoms with van der Waals surface area (Å²) in [5.74, 6) is 0. The lowest BCUT2D eigenvalue weighted by Crippen LogP contribution is -2.31. The fourth-order valence-corrected chi connectivity index (χ4v) is 12.5. The van der Waals surface area contributed by atoms with Crippen LogP contribution in [0.25, 0.3) is 64.4 Å². The summed E-state index contributed by atoms with van der Waals surface area (Å²) in [4.78, 5) is 5.10. The Kier molecular flexibility index (Phi) is 7.07. The molecule has 0 saturated carbocycles. The largest absolute Gasteiger partial charge is 0.456 e. The molecule has 276 valence electrons. The Labute approximate surface area is 349 Å². The van der Waals surface area contributed by atoms with Crippen LogP contribution < -0.4 is 4.90 Å². The number of hydrogen-bond acceptors (Lipinski definition) is 4. The molecule has 1 aliphatic heterocycles. The van der Waals surface area contributed by atoms with Crippen LogP contribution in [0.5, 0.6) is 0 Å². The molecule has 0 radical (unpaired) electrons. The van der Waals surface area contributed by atoms with E-state index in [4.69, 9.17) is 4.42 Å². The maximum atomic E-state index is 6.53. The summed E-state index contributed by atoms with van der Waals surface area (Å²) in [7, 11) is 0. The maximum Gasteiger partial charge on any atom is 0.137 e. The van der Waals surface area contributed by atoms with Crippen molar-refractivity contribution >= 4 is 82.3 Å². The average Bonchev–Trinajstić information content (AvgIpc) is 3.94. The van der Waals surface area contributed by atoms with Crippen LogP contribution in [0.15, 0.2) is 214 Å². The Bertz CT molecular complexity index is 3460. The molecule has 2 nitrogen and oxygen atoms in total. The molecular weight excluding hydrogens is 755 g/mol. The van der Waals surface area contributed by atoms with Crippen molar-refractivity contribution in [3.8, 4) is 22.3 Å². The first-order chi connectivity index (χ1) is 29.3. The lowest BCUT2D eigenvalue weighted by atomic mass is 9.67. The Morgan fingerprint density at radius 1 is 0.407 bits per heavy atom. The SMILES string of the molecule is c1ccc(-c2ccccc2N(c2ccc3c(c2)oc2ccccc23)c2cccc3sc4cc5c(cc4c23)-c2ccccc2C52c3ccccc3Sc3ccccc32)cc1. The van der Waals surface area contributed by atoms with Gasteiger partial charge in [-0.2, -0.15) is 0 Å². The van der Waals surface area contributed by atoms with E-state index in [1.807, 2.05) is 29.2 Å². The smallest absolute Gasteiger partial charge is 0.137 e. The van der Waals surface area contributed by atoms with Gasteiger partial charge in [0.2, 0.25) is 0 Å². The molecule has 0 bridgehead atoms. The minimum atomic E-state index is -0.416. The molecule has 0 fully saturated rings. The highest BCUT2D eigenvalue weighted by atomic mass is 32.2. The number of fused-ring (bicyclic) bond motifs is 15. The maximum absolute atomic E-state index is 6.53. The molecule has 2 aliphatic rings. The third-order valence-corrected chi connectivity index (χ3v) is 14.8. The molecule has 0 saturated heterocycles. The fourth-order valence-electron chi connectivity index (χ4n) is 10.1. The zero-order valence-corrected chi connectivity index (χ0v) is 33.4. The highest BCUT2D eigenvalue weighted by Crippen LogP contribution is 2.63. The van der Waals surface area contributed by atoms with Crippen LogP contribution in [0.4, 0.5) is 17.1 Å². The molecule has 0 unspecified atom stereocenters. The topological polar surface area (TPSA) is 16.4 Å². The molecule has 0 N–H and O–H groups in total. The van der Waals surface area contributed by atoms with Crippen molar-refractivity contribution in [1.82, 2.24) is 0 Å². The van der Waals surface area contributed by atoms with E-state index in [9.17, 15) is 0 Å². The van der Waals surface area contributed by atoms with Crippen molar-refractivity contribution in [3.05, 3.63) is 222 Å². The Morgan fingerprint density at radius 2 is 1.07 bits per heavy atom. The second-order valence-corrected chi connectivity index (χ2v) is 17.7. The van der Waals surface area contributed by atoms with Crippen LogP contribution in [-0.4, -0.2) is 0 Å². The van der Waals surface area contributed by atoms with Gasteiger partial charge in [-0.25, -0.2) is 0 Å². The van der Waals surface area contributed by atoms with E-state index in [1.165, 1.54) is 74.5 Å². The number of rotatable bonds is 4. The second kappa shape index (κ2) is 12.6. The standard InChI is InChI=1S/C55H33NOS2/c1-2-15-34(16-3-1)36-17-5-10-23-46(36)56(35-29-30-39-38-19-6-11-25-48(38)57-49(39)31-35)47-24-14-28-52-54(47)41-32-40-37-18-4-7-20-42(37)55(45(40)33-53(41)59-52)43-21-8-12-26-50(43)58-51-27-13-9-22-44(51)55/h1-33H. The monoisotopic (exact) mass is 787 g/mol. The molecule has 9 aromatic carbocycles. The minimum Gasteiger partial charge on any atom is -0.456 e. The molecule has 1 spiro atoms. The Balaban J connectivity index is 1.11. The molecule has 3 heterocycles. The predicted molar refractivity (Wildman–Crippen MR) is 248 cm³/mol. The van der Waals surface area contributed by atoms with Gasteiger partial charge in [0.05, 0.1) is 16.8 Å². The van der Waals surface area contributed by atoms with Gasteiger partial charge in [0.15, 0.2) is 0 Å².